The molecule has 2 atom stereocenters. The number of fused-ring (bicyclic) bond motifs is 1. The van der Waals surface area contributed by atoms with Crippen LogP contribution in [0.15, 0.2) is 18.3 Å². The van der Waals surface area contributed by atoms with Gasteiger partial charge in [-0.3, -0.25) is 4.90 Å². The Morgan fingerprint density at radius 1 is 1.24 bits per heavy atom. The van der Waals surface area contributed by atoms with Gasteiger partial charge in [-0.1, -0.05) is 18.0 Å². The summed E-state index contributed by atoms with van der Waals surface area (Å²) in [4.78, 5) is 6.74. The second-order valence-corrected chi connectivity index (χ2v) is 5.40. The lowest BCUT2D eigenvalue weighted by molar-refractivity contribution is 0.193. The molecule has 4 heteroatoms. The Morgan fingerprint density at radius 3 is 3.00 bits per heavy atom. The highest BCUT2D eigenvalue weighted by atomic mass is 35.5. The molecule has 0 radical (unpaired) electrons. The van der Waals surface area contributed by atoms with Gasteiger partial charge in [0.25, 0.3) is 0 Å². The van der Waals surface area contributed by atoms with Crippen LogP contribution in [0.5, 0.6) is 0 Å². The number of nitrogens with one attached hydrogen (secondary N) is 1. The molecule has 0 amide bonds. The van der Waals surface area contributed by atoms with E-state index in [0.29, 0.717) is 11.2 Å². The van der Waals surface area contributed by atoms with Crippen molar-refractivity contribution in [2.24, 2.45) is 0 Å². The van der Waals surface area contributed by atoms with Gasteiger partial charge in [0.15, 0.2) is 0 Å². The van der Waals surface area contributed by atoms with Crippen molar-refractivity contribution < 1.29 is 0 Å². The maximum Gasteiger partial charge on any atom is 0.129 e. The normalized spacial score (nSPS) is 29.0. The molecule has 2 aliphatic rings. The molecule has 3 heterocycles. The van der Waals surface area contributed by atoms with Crippen molar-refractivity contribution in [2.45, 2.75) is 37.8 Å². The van der Waals surface area contributed by atoms with Crippen molar-refractivity contribution in [1.82, 2.24) is 9.88 Å². The molecule has 3 rings (SSSR count). The highest BCUT2D eigenvalue weighted by molar-refractivity contribution is 6.29. The Balaban J connectivity index is 1.67. The van der Waals surface area contributed by atoms with Crippen molar-refractivity contribution in [3.8, 4) is 0 Å². The van der Waals surface area contributed by atoms with E-state index in [1.807, 2.05) is 18.3 Å². The maximum atomic E-state index is 5.79. The second-order valence-electron chi connectivity index (χ2n) is 5.01. The van der Waals surface area contributed by atoms with Gasteiger partial charge in [0, 0.05) is 18.6 Å². The predicted octanol–water partition coefficient (Wildman–Crippen LogP) is 2.77. The molecule has 92 valence electrons. The Hall–Kier alpha value is -0.800. The zero-order valence-electron chi connectivity index (χ0n) is 9.90. The van der Waals surface area contributed by atoms with Crippen LogP contribution in [0, 0.1) is 0 Å². The third-order valence-corrected chi connectivity index (χ3v) is 4.16. The summed E-state index contributed by atoms with van der Waals surface area (Å²) in [5.74, 6) is 0. The van der Waals surface area contributed by atoms with Gasteiger partial charge in [-0.25, -0.2) is 4.98 Å². The number of halogens is 1. The Morgan fingerprint density at radius 2 is 2.18 bits per heavy atom. The van der Waals surface area contributed by atoms with E-state index in [-0.39, 0.29) is 0 Å². The Labute approximate surface area is 107 Å². The second kappa shape index (κ2) is 4.83. The summed E-state index contributed by atoms with van der Waals surface area (Å²) in [5.41, 5.74) is 1.09. The lowest BCUT2D eigenvalue weighted by Gasteiger charge is -2.32. The van der Waals surface area contributed by atoms with E-state index in [9.17, 15) is 0 Å². The summed E-state index contributed by atoms with van der Waals surface area (Å²) >= 11 is 5.79. The Kier molecular flexibility index (Phi) is 3.21. The molecule has 0 aromatic carbocycles. The van der Waals surface area contributed by atoms with Crippen LogP contribution in [0.1, 0.15) is 25.7 Å². The summed E-state index contributed by atoms with van der Waals surface area (Å²) in [6.07, 6.45) is 7.14. The van der Waals surface area contributed by atoms with Crippen molar-refractivity contribution in [3.05, 3.63) is 23.5 Å². The molecule has 1 aromatic rings. The smallest absolute Gasteiger partial charge is 0.129 e. The predicted molar refractivity (Wildman–Crippen MR) is 70.5 cm³/mol. The minimum Gasteiger partial charge on any atom is -0.379 e. The van der Waals surface area contributed by atoms with Crippen LogP contribution in [-0.2, 0) is 0 Å². The van der Waals surface area contributed by atoms with E-state index in [2.05, 4.69) is 15.2 Å². The molecule has 0 bridgehead atoms. The number of anilines is 1. The molecule has 2 unspecified atom stereocenters. The first-order valence-corrected chi connectivity index (χ1v) is 6.83. The van der Waals surface area contributed by atoms with E-state index in [1.165, 1.54) is 38.8 Å². The molecule has 1 aromatic heterocycles. The van der Waals surface area contributed by atoms with Gasteiger partial charge in [-0.05, 0) is 37.9 Å². The highest BCUT2D eigenvalue weighted by Gasteiger charge is 2.35. The number of aromatic nitrogens is 1. The van der Waals surface area contributed by atoms with Crippen molar-refractivity contribution >= 4 is 17.3 Å². The summed E-state index contributed by atoms with van der Waals surface area (Å²) in [6.45, 7) is 2.52. The number of hydrogen-bond donors (Lipinski definition) is 1. The minimum absolute atomic E-state index is 0.557. The highest BCUT2D eigenvalue weighted by Crippen LogP contribution is 2.29. The van der Waals surface area contributed by atoms with Gasteiger partial charge in [-0.2, -0.15) is 0 Å². The van der Waals surface area contributed by atoms with Crippen LogP contribution in [0.3, 0.4) is 0 Å². The monoisotopic (exact) mass is 251 g/mol. The van der Waals surface area contributed by atoms with Gasteiger partial charge in [0.1, 0.15) is 5.15 Å². The molecular weight excluding hydrogens is 234 g/mol. The molecule has 3 nitrogen and oxygen atoms in total. The van der Waals surface area contributed by atoms with Gasteiger partial charge in [0.2, 0.25) is 0 Å². The quantitative estimate of drug-likeness (QED) is 0.820. The van der Waals surface area contributed by atoms with Gasteiger partial charge < -0.3 is 5.32 Å². The number of pyridine rings is 1. The van der Waals surface area contributed by atoms with Crippen LogP contribution in [0.2, 0.25) is 5.15 Å². The van der Waals surface area contributed by atoms with E-state index in [4.69, 9.17) is 11.6 Å². The zero-order valence-corrected chi connectivity index (χ0v) is 10.7. The zero-order chi connectivity index (χ0) is 11.7. The summed E-state index contributed by atoms with van der Waals surface area (Å²) in [5, 5.41) is 4.16. The summed E-state index contributed by atoms with van der Waals surface area (Å²) in [7, 11) is 0. The van der Waals surface area contributed by atoms with Crippen molar-refractivity contribution in [2.75, 3.05) is 18.4 Å². The van der Waals surface area contributed by atoms with E-state index in [0.717, 1.165) is 11.7 Å². The minimum atomic E-state index is 0.557. The van der Waals surface area contributed by atoms with Crippen LogP contribution in [0.25, 0.3) is 0 Å². The topological polar surface area (TPSA) is 28.2 Å². The SMILES string of the molecule is Clc1ccc(NC2CCN3CCCCC23)cn1. The Bertz CT molecular complexity index is 379. The lowest BCUT2D eigenvalue weighted by atomic mass is 9.99. The lowest BCUT2D eigenvalue weighted by Crippen LogP contribution is -2.41. The number of nitrogens with zero attached hydrogens (tertiary/aromatic N) is 2. The van der Waals surface area contributed by atoms with Gasteiger partial charge >= 0.3 is 0 Å². The van der Waals surface area contributed by atoms with Crippen LogP contribution < -0.4 is 5.32 Å². The fourth-order valence-electron chi connectivity index (χ4n) is 3.09. The molecule has 2 fully saturated rings. The first-order valence-electron chi connectivity index (χ1n) is 6.45. The van der Waals surface area contributed by atoms with Crippen LogP contribution in [0.4, 0.5) is 5.69 Å². The third-order valence-electron chi connectivity index (χ3n) is 3.94. The fourth-order valence-corrected chi connectivity index (χ4v) is 3.20. The molecular formula is C13H18ClN3. The van der Waals surface area contributed by atoms with E-state index >= 15 is 0 Å². The molecule has 2 saturated heterocycles. The summed E-state index contributed by atoms with van der Waals surface area (Å²) < 4.78 is 0. The molecule has 2 aliphatic heterocycles. The molecule has 1 N–H and O–H groups in total. The molecule has 17 heavy (non-hydrogen) atoms. The third kappa shape index (κ3) is 2.40. The van der Waals surface area contributed by atoms with Crippen LogP contribution >= 0.6 is 11.6 Å². The number of hydrogen-bond acceptors (Lipinski definition) is 3. The average molecular weight is 252 g/mol. The molecule has 0 saturated carbocycles. The van der Waals surface area contributed by atoms with Crippen molar-refractivity contribution in [1.29, 1.82) is 0 Å². The van der Waals surface area contributed by atoms with Crippen LogP contribution in [-0.4, -0.2) is 35.1 Å². The largest absolute Gasteiger partial charge is 0.379 e. The van der Waals surface area contributed by atoms with Gasteiger partial charge in [-0.15, -0.1) is 0 Å². The number of rotatable bonds is 2. The van der Waals surface area contributed by atoms with Gasteiger partial charge in [0.05, 0.1) is 11.9 Å². The maximum absolute atomic E-state index is 5.79. The first-order chi connectivity index (χ1) is 8.33. The van der Waals surface area contributed by atoms with Crippen molar-refractivity contribution in [3.63, 3.8) is 0 Å². The van der Waals surface area contributed by atoms with E-state index in [1.54, 1.807) is 0 Å². The summed E-state index contributed by atoms with van der Waals surface area (Å²) in [6, 6.07) is 5.16. The standard InChI is InChI=1S/C13H18ClN3/c14-13-5-4-10(9-15-13)16-11-6-8-17-7-2-1-3-12(11)17/h4-5,9,11-12,16H,1-3,6-8H2. The van der Waals surface area contributed by atoms with E-state index < -0.39 is 0 Å². The molecule has 0 aliphatic carbocycles. The molecule has 0 spiro atoms. The fraction of sp³-hybridized carbons (Fsp3) is 0.615. The number of piperidine rings is 1. The first kappa shape index (κ1) is 11.3. The average Bonchev–Trinajstić information content (AvgIpc) is 2.76.